The standard InChI is InChI=1S/C20H36O3/c1-7-8-11-23-17(22)20(9-10-20)16(21)13-15-12-14(2)18(3,4)19(15,5)6/h14-16,21H,7-13H2,1-6H3. The largest absolute Gasteiger partial charge is 0.465 e. The summed E-state index contributed by atoms with van der Waals surface area (Å²) in [6.45, 7) is 14.2. The predicted molar refractivity (Wildman–Crippen MR) is 93.0 cm³/mol. The summed E-state index contributed by atoms with van der Waals surface area (Å²) in [6, 6.07) is 0. The zero-order valence-electron chi connectivity index (χ0n) is 15.9. The van der Waals surface area contributed by atoms with E-state index in [2.05, 4.69) is 41.5 Å². The summed E-state index contributed by atoms with van der Waals surface area (Å²) in [5.74, 6) is 0.936. The van der Waals surface area contributed by atoms with Crippen molar-refractivity contribution in [1.29, 1.82) is 0 Å². The number of hydrogen-bond acceptors (Lipinski definition) is 3. The molecule has 23 heavy (non-hydrogen) atoms. The molecular weight excluding hydrogens is 288 g/mol. The van der Waals surface area contributed by atoms with Crippen LogP contribution in [-0.2, 0) is 9.53 Å². The average Bonchev–Trinajstić information content (AvgIpc) is 3.25. The zero-order chi connectivity index (χ0) is 17.5. The molecule has 0 heterocycles. The summed E-state index contributed by atoms with van der Waals surface area (Å²) in [5.41, 5.74) is -0.162. The first-order valence-electron chi connectivity index (χ1n) is 9.45. The highest BCUT2D eigenvalue weighted by Gasteiger charge is 2.59. The molecule has 2 rings (SSSR count). The second-order valence-corrected chi connectivity index (χ2v) is 9.17. The molecule has 2 aliphatic carbocycles. The van der Waals surface area contributed by atoms with Gasteiger partial charge in [0.25, 0.3) is 0 Å². The number of esters is 1. The Kier molecular flexibility index (Phi) is 5.21. The highest BCUT2D eigenvalue weighted by atomic mass is 16.5. The van der Waals surface area contributed by atoms with Gasteiger partial charge >= 0.3 is 5.97 Å². The van der Waals surface area contributed by atoms with Crippen molar-refractivity contribution in [1.82, 2.24) is 0 Å². The predicted octanol–water partition coefficient (Wildman–Crippen LogP) is 4.57. The summed E-state index contributed by atoms with van der Waals surface area (Å²) in [4.78, 5) is 12.4. The number of ether oxygens (including phenoxy) is 1. The molecule has 134 valence electrons. The van der Waals surface area contributed by atoms with Gasteiger partial charge in [-0.2, -0.15) is 0 Å². The molecule has 2 saturated carbocycles. The number of hydrogen-bond donors (Lipinski definition) is 1. The van der Waals surface area contributed by atoms with Gasteiger partial charge in [0, 0.05) is 0 Å². The van der Waals surface area contributed by atoms with Crippen LogP contribution in [0.4, 0.5) is 0 Å². The fraction of sp³-hybridized carbons (Fsp3) is 0.950. The molecule has 0 aliphatic heterocycles. The lowest BCUT2D eigenvalue weighted by Crippen LogP contribution is -2.38. The van der Waals surface area contributed by atoms with Crippen molar-refractivity contribution >= 4 is 5.97 Å². The van der Waals surface area contributed by atoms with Crippen LogP contribution in [0.3, 0.4) is 0 Å². The van der Waals surface area contributed by atoms with Gasteiger partial charge in [-0.3, -0.25) is 4.79 Å². The van der Waals surface area contributed by atoms with Gasteiger partial charge in [-0.1, -0.05) is 48.0 Å². The summed E-state index contributed by atoms with van der Waals surface area (Å²) < 4.78 is 5.41. The monoisotopic (exact) mass is 324 g/mol. The van der Waals surface area contributed by atoms with Gasteiger partial charge in [-0.15, -0.1) is 0 Å². The Morgan fingerprint density at radius 3 is 2.26 bits per heavy atom. The third-order valence-corrected chi connectivity index (χ3v) is 7.62. The molecule has 1 N–H and O–H groups in total. The SMILES string of the molecule is CCCCOC(=O)C1(C(O)CC2CC(C)C(C)(C)C2(C)C)CC1. The van der Waals surface area contributed by atoms with Crippen LogP contribution in [0.2, 0.25) is 0 Å². The normalized spacial score (nSPS) is 31.6. The number of unbranched alkanes of at least 4 members (excludes halogenated alkanes) is 1. The molecule has 0 amide bonds. The lowest BCUT2D eigenvalue weighted by molar-refractivity contribution is -0.156. The van der Waals surface area contributed by atoms with Crippen molar-refractivity contribution in [2.75, 3.05) is 6.61 Å². The minimum absolute atomic E-state index is 0.165. The van der Waals surface area contributed by atoms with Crippen LogP contribution in [0.1, 0.15) is 80.1 Å². The highest BCUT2D eigenvalue weighted by molar-refractivity contribution is 5.80. The fourth-order valence-electron chi connectivity index (χ4n) is 4.32. The van der Waals surface area contributed by atoms with E-state index in [4.69, 9.17) is 4.74 Å². The molecular formula is C20H36O3. The molecule has 3 heteroatoms. The maximum atomic E-state index is 12.4. The molecule has 0 bridgehead atoms. The first-order valence-corrected chi connectivity index (χ1v) is 9.45. The highest BCUT2D eigenvalue weighted by Crippen LogP contribution is 2.61. The molecule has 0 radical (unpaired) electrons. The zero-order valence-corrected chi connectivity index (χ0v) is 15.9. The number of aliphatic hydroxyl groups is 1. The molecule has 3 unspecified atom stereocenters. The van der Waals surface area contributed by atoms with Crippen LogP contribution in [0.5, 0.6) is 0 Å². The number of carbonyl (C=O) groups excluding carboxylic acids is 1. The summed E-state index contributed by atoms with van der Waals surface area (Å²) >= 11 is 0. The van der Waals surface area contributed by atoms with Crippen molar-refractivity contribution in [3.8, 4) is 0 Å². The minimum Gasteiger partial charge on any atom is -0.465 e. The lowest BCUT2D eigenvalue weighted by Gasteiger charge is -2.42. The quantitative estimate of drug-likeness (QED) is 0.551. The van der Waals surface area contributed by atoms with Crippen molar-refractivity contribution in [3.05, 3.63) is 0 Å². The molecule has 2 fully saturated rings. The van der Waals surface area contributed by atoms with Gasteiger partial charge in [0.15, 0.2) is 0 Å². The molecule has 3 atom stereocenters. The van der Waals surface area contributed by atoms with Crippen LogP contribution in [-0.4, -0.2) is 23.8 Å². The number of carbonyl (C=O) groups is 1. The Morgan fingerprint density at radius 2 is 1.83 bits per heavy atom. The summed E-state index contributed by atoms with van der Waals surface area (Å²) in [6.07, 6.45) is 4.80. The Bertz CT molecular complexity index is 434. The van der Waals surface area contributed by atoms with E-state index in [1.807, 2.05) is 0 Å². The van der Waals surface area contributed by atoms with Crippen molar-refractivity contribution < 1.29 is 14.6 Å². The van der Waals surface area contributed by atoms with Gasteiger partial charge in [0.05, 0.1) is 18.1 Å². The molecule has 0 aromatic rings. The number of aliphatic hydroxyl groups excluding tert-OH is 1. The molecule has 2 aliphatic rings. The first kappa shape index (κ1) is 18.8. The fourth-order valence-corrected chi connectivity index (χ4v) is 4.32. The van der Waals surface area contributed by atoms with Crippen molar-refractivity contribution in [3.63, 3.8) is 0 Å². The van der Waals surface area contributed by atoms with E-state index < -0.39 is 11.5 Å². The summed E-state index contributed by atoms with van der Waals surface area (Å²) in [5, 5.41) is 10.8. The van der Waals surface area contributed by atoms with E-state index in [1.165, 1.54) is 0 Å². The van der Waals surface area contributed by atoms with E-state index in [9.17, 15) is 9.90 Å². The van der Waals surface area contributed by atoms with Gasteiger partial charge in [-0.25, -0.2) is 0 Å². The Balaban J connectivity index is 1.99. The van der Waals surface area contributed by atoms with Crippen LogP contribution >= 0.6 is 0 Å². The van der Waals surface area contributed by atoms with Crippen LogP contribution in [0, 0.1) is 28.1 Å². The van der Waals surface area contributed by atoms with Crippen LogP contribution in [0.25, 0.3) is 0 Å². The van der Waals surface area contributed by atoms with Gasteiger partial charge < -0.3 is 9.84 Å². The molecule has 3 nitrogen and oxygen atoms in total. The second kappa shape index (κ2) is 6.38. The van der Waals surface area contributed by atoms with Crippen LogP contribution < -0.4 is 0 Å². The third kappa shape index (κ3) is 3.18. The Hall–Kier alpha value is -0.570. The van der Waals surface area contributed by atoms with Gasteiger partial charge in [-0.05, 0) is 54.8 Å². The average molecular weight is 325 g/mol. The topological polar surface area (TPSA) is 46.5 Å². The Labute approximate surface area is 142 Å². The van der Waals surface area contributed by atoms with E-state index in [-0.39, 0.29) is 16.8 Å². The maximum Gasteiger partial charge on any atom is 0.314 e. The minimum atomic E-state index is -0.597. The first-order chi connectivity index (χ1) is 10.6. The molecule has 0 aromatic carbocycles. The molecule has 0 saturated heterocycles. The molecule has 0 spiro atoms. The molecule has 0 aromatic heterocycles. The second-order valence-electron chi connectivity index (χ2n) is 9.17. The van der Waals surface area contributed by atoms with Crippen molar-refractivity contribution in [2.45, 2.75) is 86.2 Å². The third-order valence-electron chi connectivity index (χ3n) is 7.62. The maximum absolute atomic E-state index is 12.4. The van der Waals surface area contributed by atoms with Crippen molar-refractivity contribution in [2.24, 2.45) is 28.1 Å². The van der Waals surface area contributed by atoms with E-state index >= 15 is 0 Å². The number of rotatable bonds is 7. The smallest absolute Gasteiger partial charge is 0.314 e. The van der Waals surface area contributed by atoms with E-state index in [0.29, 0.717) is 18.4 Å². The lowest BCUT2D eigenvalue weighted by atomic mass is 9.63. The summed E-state index contributed by atoms with van der Waals surface area (Å²) in [7, 11) is 0. The van der Waals surface area contributed by atoms with Gasteiger partial charge in [0.2, 0.25) is 0 Å². The van der Waals surface area contributed by atoms with Crippen LogP contribution in [0.15, 0.2) is 0 Å². The Morgan fingerprint density at radius 1 is 1.22 bits per heavy atom. The van der Waals surface area contributed by atoms with Gasteiger partial charge in [0.1, 0.15) is 0 Å². The van der Waals surface area contributed by atoms with E-state index in [0.717, 1.165) is 38.5 Å². The van der Waals surface area contributed by atoms with E-state index in [1.54, 1.807) is 0 Å².